The monoisotopic (exact) mass is 360 g/mol. The van der Waals surface area contributed by atoms with Crippen molar-refractivity contribution >= 4 is 17.6 Å². The van der Waals surface area contributed by atoms with Gasteiger partial charge in [-0.2, -0.15) is 0 Å². The largest absolute Gasteiger partial charge is 0.449 e. The summed E-state index contributed by atoms with van der Waals surface area (Å²) in [7, 11) is 0. The molecule has 1 aromatic rings. The van der Waals surface area contributed by atoms with Gasteiger partial charge in [0, 0.05) is 12.6 Å². The average Bonchev–Trinajstić information content (AvgIpc) is 2.62. The van der Waals surface area contributed by atoms with E-state index in [0.29, 0.717) is 12.1 Å². The molecule has 0 heterocycles. The summed E-state index contributed by atoms with van der Waals surface area (Å²) >= 11 is 0. The van der Waals surface area contributed by atoms with E-state index >= 15 is 0 Å². The second-order valence-corrected chi connectivity index (χ2v) is 6.42. The van der Waals surface area contributed by atoms with Crippen molar-refractivity contribution in [3.63, 3.8) is 0 Å². The maximum absolute atomic E-state index is 12.3. The molecule has 1 aromatic carbocycles. The SMILES string of the molecule is Cc1cccc([N+](=O)[O-])c1C(=O)OC(C)C(=O)NCCC1=CCCCC1. The maximum atomic E-state index is 12.3. The minimum Gasteiger partial charge on any atom is -0.449 e. The number of nitro benzene ring substituents is 1. The van der Waals surface area contributed by atoms with Crippen LogP contribution in [0.4, 0.5) is 5.69 Å². The molecule has 1 aliphatic carbocycles. The van der Waals surface area contributed by atoms with E-state index in [0.717, 1.165) is 19.3 Å². The Hall–Kier alpha value is -2.70. The van der Waals surface area contributed by atoms with Gasteiger partial charge < -0.3 is 10.1 Å². The number of hydrogen-bond donors (Lipinski definition) is 1. The third kappa shape index (κ3) is 5.15. The van der Waals surface area contributed by atoms with Crippen LogP contribution in [-0.4, -0.2) is 29.4 Å². The fourth-order valence-corrected chi connectivity index (χ4v) is 2.96. The molecule has 7 heteroatoms. The Morgan fingerprint density at radius 2 is 2.12 bits per heavy atom. The molecule has 0 spiro atoms. The number of carbonyl (C=O) groups excluding carboxylic acids is 2. The Labute approximate surface area is 152 Å². The smallest absolute Gasteiger partial charge is 0.346 e. The molecule has 1 atom stereocenters. The molecule has 26 heavy (non-hydrogen) atoms. The molecule has 0 aromatic heterocycles. The van der Waals surface area contributed by atoms with Crippen molar-refractivity contribution in [3.8, 4) is 0 Å². The van der Waals surface area contributed by atoms with Crippen LogP contribution in [-0.2, 0) is 9.53 Å². The lowest BCUT2D eigenvalue weighted by Gasteiger charge is -2.16. The van der Waals surface area contributed by atoms with Gasteiger partial charge in [0.05, 0.1) is 4.92 Å². The van der Waals surface area contributed by atoms with Crippen LogP contribution >= 0.6 is 0 Å². The molecule has 0 radical (unpaired) electrons. The predicted octanol–water partition coefficient (Wildman–Crippen LogP) is 3.46. The molecule has 7 nitrogen and oxygen atoms in total. The number of nitrogens with zero attached hydrogens (tertiary/aromatic N) is 1. The van der Waals surface area contributed by atoms with Crippen molar-refractivity contribution in [1.82, 2.24) is 5.32 Å². The van der Waals surface area contributed by atoms with E-state index in [1.807, 2.05) is 0 Å². The standard InChI is InChI=1S/C19H24N2O5/c1-13-7-6-10-16(21(24)25)17(13)19(23)26-14(2)18(22)20-12-11-15-8-4-3-5-9-15/h6-8,10,14H,3-5,9,11-12H2,1-2H3,(H,20,22). The summed E-state index contributed by atoms with van der Waals surface area (Å²) in [5, 5.41) is 13.9. The van der Waals surface area contributed by atoms with E-state index in [4.69, 9.17) is 4.74 Å². The van der Waals surface area contributed by atoms with Gasteiger partial charge in [0.1, 0.15) is 5.56 Å². The molecule has 0 fully saturated rings. The maximum Gasteiger partial charge on any atom is 0.346 e. The van der Waals surface area contributed by atoms with E-state index in [-0.39, 0.29) is 11.3 Å². The quantitative estimate of drug-likeness (QED) is 0.347. The van der Waals surface area contributed by atoms with Crippen molar-refractivity contribution in [2.45, 2.75) is 52.1 Å². The number of amides is 1. The van der Waals surface area contributed by atoms with Gasteiger partial charge in [0.2, 0.25) is 0 Å². The number of allylic oxidation sites excluding steroid dienone is 1. The zero-order valence-electron chi connectivity index (χ0n) is 15.1. The second-order valence-electron chi connectivity index (χ2n) is 6.42. The number of benzene rings is 1. The number of hydrogen-bond acceptors (Lipinski definition) is 5. The number of carbonyl (C=O) groups is 2. The molecule has 2 rings (SSSR count). The van der Waals surface area contributed by atoms with Crippen LogP contribution in [0.3, 0.4) is 0 Å². The van der Waals surface area contributed by atoms with Crippen LogP contribution in [0.1, 0.15) is 54.9 Å². The molecule has 1 unspecified atom stereocenters. The van der Waals surface area contributed by atoms with Gasteiger partial charge in [-0.15, -0.1) is 0 Å². The van der Waals surface area contributed by atoms with Crippen LogP contribution in [0.15, 0.2) is 29.8 Å². The summed E-state index contributed by atoms with van der Waals surface area (Å²) < 4.78 is 5.14. The number of nitrogens with one attached hydrogen (secondary N) is 1. The fraction of sp³-hybridized carbons (Fsp3) is 0.474. The summed E-state index contributed by atoms with van der Waals surface area (Å²) in [6.45, 7) is 3.53. The van der Waals surface area contributed by atoms with Gasteiger partial charge >= 0.3 is 5.97 Å². The first-order valence-electron chi connectivity index (χ1n) is 8.80. The van der Waals surface area contributed by atoms with E-state index in [1.165, 1.54) is 37.5 Å². The van der Waals surface area contributed by atoms with Gasteiger partial charge in [-0.3, -0.25) is 14.9 Å². The molecule has 140 valence electrons. The lowest BCUT2D eigenvalue weighted by Crippen LogP contribution is -2.36. The highest BCUT2D eigenvalue weighted by Crippen LogP contribution is 2.23. The van der Waals surface area contributed by atoms with Crippen LogP contribution in [0, 0.1) is 17.0 Å². The predicted molar refractivity (Wildman–Crippen MR) is 96.9 cm³/mol. The third-order valence-electron chi connectivity index (χ3n) is 4.44. The Morgan fingerprint density at radius 3 is 2.77 bits per heavy atom. The topological polar surface area (TPSA) is 98.5 Å². The van der Waals surface area contributed by atoms with Crippen LogP contribution in [0.5, 0.6) is 0 Å². The minimum absolute atomic E-state index is 0.121. The van der Waals surface area contributed by atoms with Gasteiger partial charge in [-0.25, -0.2) is 4.79 Å². The van der Waals surface area contributed by atoms with Crippen molar-refractivity contribution in [1.29, 1.82) is 0 Å². The molecule has 0 aliphatic heterocycles. The summed E-state index contributed by atoms with van der Waals surface area (Å²) in [6.07, 6.45) is 6.54. The van der Waals surface area contributed by atoms with Gasteiger partial charge in [-0.05, 0) is 51.5 Å². The van der Waals surface area contributed by atoms with Gasteiger partial charge in [0.25, 0.3) is 11.6 Å². The molecule has 1 amide bonds. The lowest BCUT2D eigenvalue weighted by molar-refractivity contribution is -0.385. The molecule has 0 saturated heterocycles. The lowest BCUT2D eigenvalue weighted by atomic mass is 9.97. The van der Waals surface area contributed by atoms with Crippen LogP contribution < -0.4 is 5.32 Å². The van der Waals surface area contributed by atoms with Crippen molar-refractivity contribution in [2.24, 2.45) is 0 Å². The Morgan fingerprint density at radius 1 is 1.35 bits per heavy atom. The molecular formula is C19H24N2O5. The third-order valence-corrected chi connectivity index (χ3v) is 4.44. The van der Waals surface area contributed by atoms with Crippen molar-refractivity contribution in [3.05, 3.63) is 51.1 Å². The van der Waals surface area contributed by atoms with Crippen molar-refractivity contribution in [2.75, 3.05) is 6.54 Å². The summed E-state index contributed by atoms with van der Waals surface area (Å²) in [5.41, 5.74) is 1.33. The summed E-state index contributed by atoms with van der Waals surface area (Å²) in [6, 6.07) is 4.33. The molecule has 1 aliphatic rings. The molecular weight excluding hydrogens is 336 g/mol. The van der Waals surface area contributed by atoms with E-state index in [2.05, 4.69) is 11.4 Å². The number of aryl methyl sites for hydroxylation is 1. The molecule has 0 bridgehead atoms. The zero-order valence-corrected chi connectivity index (χ0v) is 15.1. The Bertz CT molecular complexity index is 727. The normalized spacial score (nSPS) is 14.9. The van der Waals surface area contributed by atoms with Gasteiger partial charge in [-0.1, -0.05) is 23.8 Å². The zero-order chi connectivity index (χ0) is 19.1. The van der Waals surface area contributed by atoms with E-state index in [9.17, 15) is 19.7 Å². The number of nitro groups is 1. The average molecular weight is 360 g/mol. The minimum atomic E-state index is -1.03. The van der Waals surface area contributed by atoms with Crippen LogP contribution in [0.2, 0.25) is 0 Å². The fourth-order valence-electron chi connectivity index (χ4n) is 2.96. The van der Waals surface area contributed by atoms with Gasteiger partial charge in [0.15, 0.2) is 6.10 Å². The second kappa shape index (κ2) is 9.12. The number of esters is 1. The van der Waals surface area contributed by atoms with Crippen LogP contribution in [0.25, 0.3) is 0 Å². The first kappa shape index (κ1) is 19.6. The summed E-state index contributed by atoms with van der Waals surface area (Å²) in [5.74, 6) is -1.28. The highest BCUT2D eigenvalue weighted by atomic mass is 16.6. The van der Waals surface area contributed by atoms with E-state index in [1.54, 1.807) is 13.0 Å². The number of rotatable bonds is 7. The first-order valence-corrected chi connectivity index (χ1v) is 8.80. The van der Waals surface area contributed by atoms with E-state index < -0.39 is 22.9 Å². The Kier molecular flexibility index (Phi) is 6.89. The van der Waals surface area contributed by atoms with Crippen molar-refractivity contribution < 1.29 is 19.2 Å². The summed E-state index contributed by atoms with van der Waals surface area (Å²) in [4.78, 5) is 34.9. The Balaban J connectivity index is 1.91. The molecule has 1 N–H and O–H groups in total. The highest BCUT2D eigenvalue weighted by molar-refractivity contribution is 5.97. The first-order chi connectivity index (χ1) is 12.4. The number of ether oxygens (including phenoxy) is 1. The molecule has 0 saturated carbocycles. The highest BCUT2D eigenvalue weighted by Gasteiger charge is 2.26.